The van der Waals surface area contributed by atoms with E-state index in [1.165, 1.54) is 93.9 Å². The lowest BCUT2D eigenvalue weighted by Crippen LogP contribution is -2.29. The third-order valence-corrected chi connectivity index (χ3v) is 11.2. The molecule has 0 saturated carbocycles. The van der Waals surface area contributed by atoms with Gasteiger partial charge in [-0.2, -0.15) is 0 Å². The van der Waals surface area contributed by atoms with Crippen molar-refractivity contribution < 1.29 is 0 Å². The van der Waals surface area contributed by atoms with Crippen LogP contribution in [0.1, 0.15) is 33.4 Å². The fraction of sp³-hybridized carbons (Fsp3) is 0.0204. The lowest BCUT2D eigenvalue weighted by Gasteiger charge is -2.36. The van der Waals surface area contributed by atoms with E-state index in [0.717, 1.165) is 0 Å². The molecule has 0 fully saturated rings. The number of hydrogen-bond acceptors (Lipinski definition) is 0. The topological polar surface area (TPSA) is 4.93 Å². The molecule has 1 aromatic heterocycles. The fourth-order valence-electron chi connectivity index (χ4n) is 9.23. The summed E-state index contributed by atoms with van der Waals surface area (Å²) in [5.41, 5.74) is 16.3. The normalized spacial score (nSPS) is 14.1. The first kappa shape index (κ1) is 27.5. The Kier molecular flexibility index (Phi) is 5.66. The summed E-state index contributed by atoms with van der Waals surface area (Å²) < 4.78 is 2.39. The molecule has 0 unspecified atom stereocenters. The van der Waals surface area contributed by atoms with Gasteiger partial charge in [-0.15, -0.1) is 0 Å². The highest BCUT2D eigenvalue weighted by Crippen LogP contribution is 2.64. The minimum Gasteiger partial charge on any atom is -0.309 e. The van der Waals surface area contributed by atoms with Crippen molar-refractivity contribution in [3.63, 3.8) is 0 Å². The minimum absolute atomic E-state index is 0.473. The van der Waals surface area contributed by atoms with Gasteiger partial charge in [-0.1, -0.05) is 158 Å². The van der Waals surface area contributed by atoms with E-state index in [4.69, 9.17) is 0 Å². The molecule has 0 spiro atoms. The number of para-hydroxylation sites is 2. The molecule has 1 heteroatoms. The van der Waals surface area contributed by atoms with Crippen LogP contribution in [-0.4, -0.2) is 4.57 Å². The Morgan fingerprint density at radius 1 is 0.400 bits per heavy atom. The maximum Gasteiger partial charge on any atom is 0.0720 e. The van der Waals surface area contributed by atoms with Gasteiger partial charge in [0.05, 0.1) is 16.4 Å². The van der Waals surface area contributed by atoms with E-state index in [9.17, 15) is 0 Å². The standard InChI is InChI=1S/C49H31N/c1-3-15-35(16-4-1)49(36-17-5-2-6-18-36)43-31-34(27-30-40(43)47-41-21-11-13-33-14-12-22-42(46(33)41)48(47)49)32-25-28-37(29-26-32)50-44-23-9-7-19-38(44)39-20-8-10-24-45(39)50/h1-31H. The molecule has 232 valence electrons. The van der Waals surface area contributed by atoms with Crippen LogP contribution in [0.25, 0.3) is 60.5 Å². The van der Waals surface area contributed by atoms with Crippen LogP contribution in [0.5, 0.6) is 0 Å². The van der Waals surface area contributed by atoms with Gasteiger partial charge in [0.25, 0.3) is 0 Å². The van der Waals surface area contributed by atoms with Crippen molar-refractivity contribution in [3.8, 4) is 16.8 Å². The molecule has 9 aromatic rings. The number of hydrogen-bond donors (Lipinski definition) is 0. The number of aromatic nitrogens is 1. The Balaban J connectivity index is 1.14. The smallest absolute Gasteiger partial charge is 0.0720 e. The summed E-state index contributed by atoms with van der Waals surface area (Å²) in [6.07, 6.45) is 0. The molecule has 1 heterocycles. The summed E-state index contributed by atoms with van der Waals surface area (Å²) in [5.74, 6) is 0. The molecule has 2 aliphatic carbocycles. The van der Waals surface area contributed by atoms with Crippen LogP contribution in [0.15, 0.2) is 188 Å². The van der Waals surface area contributed by atoms with Crippen LogP contribution in [-0.2, 0) is 5.41 Å². The van der Waals surface area contributed by atoms with Crippen LogP contribution in [0.4, 0.5) is 0 Å². The molecule has 0 bridgehead atoms. The van der Waals surface area contributed by atoms with Crippen molar-refractivity contribution in [1.29, 1.82) is 0 Å². The predicted molar refractivity (Wildman–Crippen MR) is 209 cm³/mol. The molecule has 50 heavy (non-hydrogen) atoms. The highest BCUT2D eigenvalue weighted by Gasteiger charge is 2.51. The quantitative estimate of drug-likeness (QED) is 0.182. The first-order valence-electron chi connectivity index (χ1n) is 17.4. The second-order valence-electron chi connectivity index (χ2n) is 13.6. The number of benzene rings is 8. The molecule has 0 N–H and O–H groups in total. The minimum atomic E-state index is -0.473. The van der Waals surface area contributed by atoms with Crippen molar-refractivity contribution in [3.05, 3.63) is 221 Å². The average molecular weight is 634 g/mol. The van der Waals surface area contributed by atoms with Gasteiger partial charge in [-0.25, -0.2) is 0 Å². The summed E-state index contributed by atoms with van der Waals surface area (Å²) >= 11 is 0. The first-order valence-corrected chi connectivity index (χ1v) is 17.4. The van der Waals surface area contributed by atoms with Gasteiger partial charge < -0.3 is 4.57 Å². The third-order valence-electron chi connectivity index (χ3n) is 11.2. The van der Waals surface area contributed by atoms with E-state index < -0.39 is 5.41 Å². The van der Waals surface area contributed by atoms with Gasteiger partial charge in [0.15, 0.2) is 0 Å². The molecule has 1 nitrogen and oxygen atoms in total. The van der Waals surface area contributed by atoms with E-state index in [1.807, 2.05) is 0 Å². The second kappa shape index (κ2) is 10.3. The molecule has 0 saturated heterocycles. The summed E-state index contributed by atoms with van der Waals surface area (Å²) in [6, 6.07) is 69.7. The highest BCUT2D eigenvalue weighted by molar-refractivity contribution is 6.23. The van der Waals surface area contributed by atoms with E-state index >= 15 is 0 Å². The number of allylic oxidation sites excluding steroid dienone is 1. The van der Waals surface area contributed by atoms with E-state index in [0.29, 0.717) is 0 Å². The Hall–Kier alpha value is -6.44. The molecule has 0 aliphatic heterocycles. The van der Waals surface area contributed by atoms with Gasteiger partial charge in [0.1, 0.15) is 0 Å². The summed E-state index contributed by atoms with van der Waals surface area (Å²) in [7, 11) is 0. The Morgan fingerprint density at radius 2 is 0.960 bits per heavy atom. The van der Waals surface area contributed by atoms with Gasteiger partial charge in [-0.05, 0) is 96.8 Å². The lowest BCUT2D eigenvalue weighted by atomic mass is 9.65. The zero-order chi connectivity index (χ0) is 32.8. The SMILES string of the molecule is c1ccc(C2(c3ccccc3)C3=C(c4ccc(-c5ccc(-n6c7ccccc7c7ccccc76)cc5)cc42)c2cccc4cccc3c24)cc1. The van der Waals surface area contributed by atoms with Gasteiger partial charge >= 0.3 is 0 Å². The van der Waals surface area contributed by atoms with Crippen LogP contribution in [0.3, 0.4) is 0 Å². The molecular weight excluding hydrogens is 603 g/mol. The molecule has 2 aliphatic rings. The monoisotopic (exact) mass is 633 g/mol. The third kappa shape index (κ3) is 3.56. The molecule has 0 atom stereocenters. The van der Waals surface area contributed by atoms with Crippen LogP contribution in [0.2, 0.25) is 0 Å². The molecule has 11 rings (SSSR count). The van der Waals surface area contributed by atoms with Crippen molar-refractivity contribution in [2.24, 2.45) is 0 Å². The Labute approximate surface area is 291 Å². The zero-order valence-electron chi connectivity index (χ0n) is 27.3. The van der Waals surface area contributed by atoms with E-state index in [-0.39, 0.29) is 0 Å². The average Bonchev–Trinajstić information content (AvgIpc) is 3.81. The van der Waals surface area contributed by atoms with E-state index in [1.54, 1.807) is 0 Å². The number of nitrogens with zero attached hydrogens (tertiary/aromatic N) is 1. The number of fused-ring (bicyclic) bond motifs is 7. The number of rotatable bonds is 4. The van der Waals surface area contributed by atoms with Crippen molar-refractivity contribution in [2.45, 2.75) is 5.41 Å². The van der Waals surface area contributed by atoms with Crippen molar-refractivity contribution in [2.75, 3.05) is 0 Å². The van der Waals surface area contributed by atoms with E-state index in [2.05, 4.69) is 193 Å². The van der Waals surface area contributed by atoms with Gasteiger partial charge in [0.2, 0.25) is 0 Å². The molecule has 0 radical (unpaired) electrons. The second-order valence-corrected chi connectivity index (χ2v) is 13.6. The first-order chi connectivity index (χ1) is 24.8. The molecule has 8 aromatic carbocycles. The molecular formula is C49H31N. The summed E-state index contributed by atoms with van der Waals surface area (Å²) in [4.78, 5) is 0. The Morgan fingerprint density at radius 3 is 1.60 bits per heavy atom. The van der Waals surface area contributed by atoms with Gasteiger partial charge in [-0.3, -0.25) is 0 Å². The summed E-state index contributed by atoms with van der Waals surface area (Å²) in [6.45, 7) is 0. The summed E-state index contributed by atoms with van der Waals surface area (Å²) in [5, 5.41) is 5.22. The highest BCUT2D eigenvalue weighted by atomic mass is 15.0. The van der Waals surface area contributed by atoms with Crippen molar-refractivity contribution in [1.82, 2.24) is 4.57 Å². The van der Waals surface area contributed by atoms with Crippen molar-refractivity contribution >= 4 is 43.7 Å². The largest absolute Gasteiger partial charge is 0.309 e. The van der Waals surface area contributed by atoms with Crippen LogP contribution < -0.4 is 0 Å². The van der Waals surface area contributed by atoms with Crippen LogP contribution in [0, 0.1) is 0 Å². The lowest BCUT2D eigenvalue weighted by molar-refractivity contribution is 0.816. The molecule has 0 amide bonds. The van der Waals surface area contributed by atoms with Gasteiger partial charge in [0, 0.05) is 16.5 Å². The predicted octanol–water partition coefficient (Wildman–Crippen LogP) is 12.2. The zero-order valence-corrected chi connectivity index (χ0v) is 27.3. The maximum absolute atomic E-state index is 2.48. The fourth-order valence-corrected chi connectivity index (χ4v) is 9.23. The maximum atomic E-state index is 2.48. The Bertz CT molecular complexity index is 2740. The van der Waals surface area contributed by atoms with Crippen LogP contribution >= 0.6 is 0 Å².